The zero-order valence-electron chi connectivity index (χ0n) is 12.8. The number of likely N-dealkylation sites (tertiary alicyclic amines) is 1. The Kier molecular flexibility index (Phi) is 6.12. The average Bonchev–Trinajstić information content (AvgIpc) is 2.50. The fraction of sp³-hybridized carbons (Fsp3) is 0.647. The van der Waals surface area contributed by atoms with Crippen LogP contribution in [0.1, 0.15) is 56.2 Å². The average molecular weight is 296 g/mol. The lowest BCUT2D eigenvalue weighted by atomic mass is 9.90. The van der Waals surface area contributed by atoms with Crippen molar-refractivity contribution in [3.05, 3.63) is 35.4 Å². The molecule has 0 spiro atoms. The third kappa shape index (κ3) is 4.24. The van der Waals surface area contributed by atoms with Gasteiger partial charge in [-0.05, 0) is 43.5 Å². The van der Waals surface area contributed by atoms with E-state index in [0.717, 1.165) is 24.6 Å². The molecule has 1 saturated heterocycles. The van der Waals surface area contributed by atoms with Crippen LogP contribution in [0.2, 0.25) is 0 Å². The second-order valence-corrected chi connectivity index (χ2v) is 5.99. The number of hydrogen-bond acceptors (Lipinski definition) is 2. The molecule has 0 bridgehead atoms. The quantitative estimate of drug-likeness (QED) is 0.855. The van der Waals surface area contributed by atoms with Crippen molar-refractivity contribution in [1.82, 2.24) is 4.90 Å². The highest BCUT2D eigenvalue weighted by Crippen LogP contribution is 2.30. The molecular formula is C17H26F2N2. The van der Waals surface area contributed by atoms with E-state index in [1.54, 1.807) is 12.1 Å². The molecule has 2 rings (SSSR count). The Hall–Kier alpha value is -1.00. The van der Waals surface area contributed by atoms with Gasteiger partial charge in [0.1, 0.15) is 0 Å². The topological polar surface area (TPSA) is 29.3 Å². The molecule has 1 aliphatic heterocycles. The largest absolute Gasteiger partial charge is 0.329 e. The van der Waals surface area contributed by atoms with Crippen LogP contribution in [-0.2, 0) is 0 Å². The Morgan fingerprint density at radius 1 is 1.24 bits per heavy atom. The minimum absolute atomic E-state index is 0.0614. The van der Waals surface area contributed by atoms with Gasteiger partial charge in [0.15, 0.2) is 0 Å². The maximum absolute atomic E-state index is 12.8. The number of hydrogen-bond donors (Lipinski definition) is 1. The van der Waals surface area contributed by atoms with E-state index in [-0.39, 0.29) is 11.6 Å². The summed E-state index contributed by atoms with van der Waals surface area (Å²) in [6, 6.07) is 6.78. The summed E-state index contributed by atoms with van der Waals surface area (Å²) in [5, 5.41) is 0. The summed E-state index contributed by atoms with van der Waals surface area (Å²) >= 11 is 0. The Morgan fingerprint density at radius 3 is 2.48 bits per heavy atom. The number of piperidine rings is 1. The highest BCUT2D eigenvalue weighted by molar-refractivity contribution is 5.27. The second-order valence-electron chi connectivity index (χ2n) is 5.99. The highest BCUT2D eigenvalue weighted by atomic mass is 19.3. The molecule has 1 aromatic rings. The van der Waals surface area contributed by atoms with Gasteiger partial charge in [0.05, 0.1) is 0 Å². The van der Waals surface area contributed by atoms with Crippen molar-refractivity contribution in [2.45, 2.75) is 45.1 Å². The van der Waals surface area contributed by atoms with Gasteiger partial charge in [0.2, 0.25) is 0 Å². The lowest BCUT2D eigenvalue weighted by molar-refractivity contribution is 0.130. The first kappa shape index (κ1) is 16.4. The zero-order chi connectivity index (χ0) is 15.2. The summed E-state index contributed by atoms with van der Waals surface area (Å²) in [7, 11) is 0. The first-order valence-electron chi connectivity index (χ1n) is 7.97. The lowest BCUT2D eigenvalue weighted by Gasteiger charge is -2.37. The van der Waals surface area contributed by atoms with E-state index < -0.39 is 6.43 Å². The van der Waals surface area contributed by atoms with Crippen molar-refractivity contribution in [2.75, 3.05) is 19.6 Å². The number of nitrogens with two attached hydrogens (primary N) is 1. The molecule has 2 nitrogen and oxygen atoms in total. The number of halogens is 2. The molecular weight excluding hydrogens is 270 g/mol. The Labute approximate surface area is 126 Å². The Morgan fingerprint density at radius 2 is 1.90 bits per heavy atom. The van der Waals surface area contributed by atoms with Crippen LogP contribution in [0, 0.1) is 5.92 Å². The molecule has 1 heterocycles. The summed E-state index contributed by atoms with van der Waals surface area (Å²) in [4.78, 5) is 2.36. The molecule has 0 aliphatic carbocycles. The van der Waals surface area contributed by atoms with Gasteiger partial charge in [0.25, 0.3) is 6.43 Å². The predicted molar refractivity (Wildman–Crippen MR) is 82.4 cm³/mol. The van der Waals surface area contributed by atoms with Crippen molar-refractivity contribution < 1.29 is 8.78 Å². The minimum atomic E-state index is -2.42. The van der Waals surface area contributed by atoms with Crippen LogP contribution in [0.5, 0.6) is 0 Å². The second kappa shape index (κ2) is 7.85. The number of nitrogens with zero attached hydrogens (tertiary/aromatic N) is 1. The van der Waals surface area contributed by atoms with E-state index in [1.165, 1.54) is 31.7 Å². The first-order valence-corrected chi connectivity index (χ1v) is 7.97. The van der Waals surface area contributed by atoms with Crippen molar-refractivity contribution in [3.63, 3.8) is 0 Å². The van der Waals surface area contributed by atoms with Crippen LogP contribution in [-0.4, -0.2) is 24.5 Å². The van der Waals surface area contributed by atoms with E-state index >= 15 is 0 Å². The fourth-order valence-corrected chi connectivity index (χ4v) is 3.36. The minimum Gasteiger partial charge on any atom is -0.329 e. The summed E-state index contributed by atoms with van der Waals surface area (Å²) in [6.07, 6.45) is 2.50. The molecule has 0 aromatic heterocycles. The predicted octanol–water partition coefficient (Wildman–Crippen LogP) is 4.14. The molecule has 1 unspecified atom stereocenters. The molecule has 0 radical (unpaired) electrons. The monoisotopic (exact) mass is 296 g/mol. The van der Waals surface area contributed by atoms with Crippen LogP contribution in [0.4, 0.5) is 8.78 Å². The standard InChI is InChI=1S/C17H26F2N2/c1-2-4-13-7-9-21(10-8-13)16(12-20)14-5-3-6-15(11-14)17(18)19/h3,5-6,11,13,16-17H,2,4,7-10,12,20H2,1H3. The molecule has 1 aliphatic rings. The molecule has 118 valence electrons. The van der Waals surface area contributed by atoms with Gasteiger partial charge >= 0.3 is 0 Å². The van der Waals surface area contributed by atoms with E-state index in [1.807, 2.05) is 6.07 Å². The SMILES string of the molecule is CCCC1CCN(C(CN)c2cccc(C(F)F)c2)CC1. The smallest absolute Gasteiger partial charge is 0.263 e. The van der Waals surface area contributed by atoms with Crippen LogP contribution in [0.15, 0.2) is 24.3 Å². The van der Waals surface area contributed by atoms with Crippen molar-refractivity contribution in [3.8, 4) is 0 Å². The van der Waals surface area contributed by atoms with Crippen LogP contribution < -0.4 is 5.73 Å². The third-order valence-corrected chi connectivity index (χ3v) is 4.56. The maximum atomic E-state index is 12.8. The molecule has 1 fully saturated rings. The Balaban J connectivity index is 2.05. The zero-order valence-corrected chi connectivity index (χ0v) is 12.8. The van der Waals surface area contributed by atoms with Crippen LogP contribution in [0.3, 0.4) is 0 Å². The number of rotatable bonds is 6. The van der Waals surface area contributed by atoms with Gasteiger partial charge in [0, 0.05) is 18.2 Å². The van der Waals surface area contributed by atoms with Crippen LogP contribution in [0.25, 0.3) is 0 Å². The lowest BCUT2D eigenvalue weighted by Crippen LogP contribution is -2.39. The molecule has 1 atom stereocenters. The normalized spacial score (nSPS) is 19.1. The first-order chi connectivity index (χ1) is 10.2. The number of benzene rings is 1. The van der Waals surface area contributed by atoms with Gasteiger partial charge in [-0.1, -0.05) is 38.0 Å². The molecule has 1 aromatic carbocycles. The van der Waals surface area contributed by atoms with Gasteiger partial charge < -0.3 is 5.73 Å². The molecule has 0 amide bonds. The summed E-state index contributed by atoms with van der Waals surface area (Å²) in [5.74, 6) is 0.817. The fourth-order valence-electron chi connectivity index (χ4n) is 3.36. The summed E-state index contributed by atoms with van der Waals surface area (Å²) < 4.78 is 25.7. The summed E-state index contributed by atoms with van der Waals surface area (Å²) in [5.41, 5.74) is 6.94. The van der Waals surface area contributed by atoms with Crippen molar-refractivity contribution >= 4 is 0 Å². The van der Waals surface area contributed by atoms with E-state index in [0.29, 0.717) is 6.54 Å². The van der Waals surface area contributed by atoms with Gasteiger partial charge in [-0.3, -0.25) is 4.90 Å². The molecule has 0 saturated carbocycles. The molecule has 4 heteroatoms. The van der Waals surface area contributed by atoms with E-state index in [9.17, 15) is 8.78 Å². The Bertz CT molecular complexity index is 429. The van der Waals surface area contributed by atoms with Gasteiger partial charge in [-0.25, -0.2) is 8.78 Å². The highest BCUT2D eigenvalue weighted by Gasteiger charge is 2.25. The van der Waals surface area contributed by atoms with E-state index in [2.05, 4.69) is 11.8 Å². The third-order valence-electron chi connectivity index (χ3n) is 4.56. The van der Waals surface area contributed by atoms with Crippen molar-refractivity contribution in [1.29, 1.82) is 0 Å². The molecule has 21 heavy (non-hydrogen) atoms. The van der Waals surface area contributed by atoms with Gasteiger partial charge in [-0.15, -0.1) is 0 Å². The maximum Gasteiger partial charge on any atom is 0.263 e. The van der Waals surface area contributed by atoms with Crippen molar-refractivity contribution in [2.24, 2.45) is 11.7 Å². The van der Waals surface area contributed by atoms with Crippen LogP contribution >= 0.6 is 0 Å². The molecule has 2 N–H and O–H groups in total. The van der Waals surface area contributed by atoms with E-state index in [4.69, 9.17) is 5.73 Å². The number of alkyl halides is 2. The summed E-state index contributed by atoms with van der Waals surface area (Å²) in [6.45, 7) is 4.74. The van der Waals surface area contributed by atoms with Gasteiger partial charge in [-0.2, -0.15) is 0 Å².